The van der Waals surface area contributed by atoms with Crippen molar-refractivity contribution in [3.8, 4) is 0 Å². The van der Waals surface area contributed by atoms with Gasteiger partial charge >= 0.3 is 0 Å². The molecule has 0 fully saturated rings. The van der Waals surface area contributed by atoms with Gasteiger partial charge in [-0.2, -0.15) is 0 Å². The number of hydrogen-bond donors (Lipinski definition) is 0. The number of rotatable bonds is 3. The van der Waals surface area contributed by atoms with Crippen molar-refractivity contribution in [2.75, 3.05) is 6.54 Å². The van der Waals surface area contributed by atoms with E-state index in [1.54, 1.807) is 5.57 Å². The maximum atomic E-state index is 4.15. The molecular formula is C10H17N. The monoisotopic (exact) mass is 151 g/mol. The van der Waals surface area contributed by atoms with Gasteiger partial charge in [0.2, 0.25) is 0 Å². The van der Waals surface area contributed by atoms with Gasteiger partial charge in [0, 0.05) is 12.8 Å². The van der Waals surface area contributed by atoms with Crippen molar-refractivity contribution in [3.63, 3.8) is 0 Å². The molecule has 1 rings (SSSR count). The van der Waals surface area contributed by atoms with E-state index in [-0.39, 0.29) is 0 Å². The summed E-state index contributed by atoms with van der Waals surface area (Å²) in [5.74, 6) is 0.828. The van der Waals surface area contributed by atoms with E-state index in [0.29, 0.717) is 0 Å². The SMILES string of the molecule is CC(C)CCC1=CC=NCC1. The number of hydrogen-bond acceptors (Lipinski definition) is 1. The van der Waals surface area contributed by atoms with Crippen LogP contribution in [0.25, 0.3) is 0 Å². The molecule has 0 radical (unpaired) electrons. The Balaban J connectivity index is 2.25. The molecule has 1 heterocycles. The first-order valence-electron chi connectivity index (χ1n) is 4.47. The van der Waals surface area contributed by atoms with Crippen LogP contribution in [0.5, 0.6) is 0 Å². The second-order valence-electron chi connectivity index (χ2n) is 3.56. The van der Waals surface area contributed by atoms with Gasteiger partial charge in [0.05, 0.1) is 0 Å². The zero-order chi connectivity index (χ0) is 8.10. The Kier molecular flexibility index (Phi) is 3.34. The fraction of sp³-hybridized carbons (Fsp3) is 0.700. The van der Waals surface area contributed by atoms with Gasteiger partial charge in [-0.1, -0.05) is 19.4 Å². The van der Waals surface area contributed by atoms with Crippen LogP contribution < -0.4 is 0 Å². The molecule has 0 aromatic heterocycles. The Morgan fingerprint density at radius 2 is 2.36 bits per heavy atom. The summed E-state index contributed by atoms with van der Waals surface area (Å²) < 4.78 is 0. The quantitative estimate of drug-likeness (QED) is 0.588. The molecular weight excluding hydrogens is 134 g/mol. The Morgan fingerprint density at radius 1 is 1.55 bits per heavy atom. The van der Waals surface area contributed by atoms with E-state index in [1.165, 1.54) is 19.3 Å². The normalized spacial score (nSPS) is 17.2. The zero-order valence-corrected chi connectivity index (χ0v) is 7.51. The molecule has 0 N–H and O–H groups in total. The third-order valence-electron chi connectivity index (χ3n) is 2.02. The number of allylic oxidation sites excluding steroid dienone is 1. The van der Waals surface area contributed by atoms with Crippen LogP contribution in [0.3, 0.4) is 0 Å². The zero-order valence-electron chi connectivity index (χ0n) is 7.51. The lowest BCUT2D eigenvalue weighted by molar-refractivity contribution is 0.577. The molecule has 11 heavy (non-hydrogen) atoms. The summed E-state index contributed by atoms with van der Waals surface area (Å²) in [6.07, 6.45) is 7.89. The standard InChI is InChI=1S/C10H17N/c1-9(2)3-4-10-5-7-11-8-6-10/h5,7,9H,3-4,6,8H2,1-2H3. The van der Waals surface area contributed by atoms with Crippen LogP contribution in [-0.2, 0) is 0 Å². The molecule has 0 unspecified atom stereocenters. The molecule has 0 saturated heterocycles. The molecule has 0 amide bonds. The Bertz CT molecular complexity index is 166. The van der Waals surface area contributed by atoms with Gasteiger partial charge in [-0.3, -0.25) is 4.99 Å². The van der Waals surface area contributed by atoms with Crippen molar-refractivity contribution in [2.24, 2.45) is 10.9 Å². The van der Waals surface area contributed by atoms with Gasteiger partial charge in [-0.05, 0) is 31.3 Å². The van der Waals surface area contributed by atoms with E-state index in [4.69, 9.17) is 0 Å². The molecule has 1 aliphatic heterocycles. The maximum Gasteiger partial charge on any atom is 0.0426 e. The molecule has 0 bridgehead atoms. The highest BCUT2D eigenvalue weighted by Crippen LogP contribution is 2.15. The highest BCUT2D eigenvalue weighted by atomic mass is 14.7. The van der Waals surface area contributed by atoms with Crippen LogP contribution in [0.2, 0.25) is 0 Å². The van der Waals surface area contributed by atoms with Crippen molar-refractivity contribution in [2.45, 2.75) is 33.1 Å². The highest BCUT2D eigenvalue weighted by Gasteiger charge is 2.01. The van der Waals surface area contributed by atoms with Gasteiger partial charge in [-0.15, -0.1) is 0 Å². The summed E-state index contributed by atoms with van der Waals surface area (Å²) >= 11 is 0. The second-order valence-corrected chi connectivity index (χ2v) is 3.56. The molecule has 0 saturated carbocycles. The summed E-state index contributed by atoms with van der Waals surface area (Å²) in [6.45, 7) is 5.55. The Labute approximate surface area is 69.2 Å². The molecule has 0 aliphatic carbocycles. The van der Waals surface area contributed by atoms with Crippen molar-refractivity contribution >= 4 is 6.21 Å². The van der Waals surface area contributed by atoms with E-state index in [9.17, 15) is 0 Å². The first-order chi connectivity index (χ1) is 5.29. The smallest absolute Gasteiger partial charge is 0.0426 e. The summed E-state index contributed by atoms with van der Waals surface area (Å²) in [5, 5.41) is 0. The molecule has 62 valence electrons. The van der Waals surface area contributed by atoms with Gasteiger partial charge in [0.25, 0.3) is 0 Å². The van der Waals surface area contributed by atoms with Gasteiger partial charge in [0.1, 0.15) is 0 Å². The Morgan fingerprint density at radius 3 is 2.91 bits per heavy atom. The molecule has 0 aromatic rings. The fourth-order valence-corrected chi connectivity index (χ4v) is 1.21. The second kappa shape index (κ2) is 4.32. The van der Waals surface area contributed by atoms with Crippen LogP contribution in [0.4, 0.5) is 0 Å². The van der Waals surface area contributed by atoms with Gasteiger partial charge < -0.3 is 0 Å². The van der Waals surface area contributed by atoms with Crippen molar-refractivity contribution in [1.82, 2.24) is 0 Å². The number of aliphatic imine (C=N–C) groups is 1. The molecule has 1 aliphatic rings. The largest absolute Gasteiger partial charge is 0.293 e. The van der Waals surface area contributed by atoms with Crippen molar-refractivity contribution in [1.29, 1.82) is 0 Å². The van der Waals surface area contributed by atoms with E-state index >= 15 is 0 Å². The van der Waals surface area contributed by atoms with E-state index in [0.717, 1.165) is 12.5 Å². The van der Waals surface area contributed by atoms with E-state index in [2.05, 4.69) is 24.9 Å². The third kappa shape index (κ3) is 3.35. The number of nitrogens with zero attached hydrogens (tertiary/aromatic N) is 1. The molecule has 1 heteroatoms. The Hall–Kier alpha value is -0.590. The topological polar surface area (TPSA) is 12.4 Å². The predicted octanol–water partition coefficient (Wildman–Crippen LogP) is 2.82. The number of dihydropyridines is 1. The average molecular weight is 151 g/mol. The van der Waals surface area contributed by atoms with Gasteiger partial charge in [0.15, 0.2) is 0 Å². The fourth-order valence-electron chi connectivity index (χ4n) is 1.21. The molecule has 0 atom stereocenters. The maximum absolute atomic E-state index is 4.15. The first-order valence-corrected chi connectivity index (χ1v) is 4.47. The summed E-state index contributed by atoms with van der Waals surface area (Å²) in [4.78, 5) is 4.15. The first kappa shape index (κ1) is 8.51. The average Bonchev–Trinajstić information content (AvgIpc) is 2.03. The van der Waals surface area contributed by atoms with Crippen LogP contribution in [0.1, 0.15) is 33.1 Å². The van der Waals surface area contributed by atoms with E-state index < -0.39 is 0 Å². The van der Waals surface area contributed by atoms with Crippen LogP contribution >= 0.6 is 0 Å². The predicted molar refractivity (Wildman–Crippen MR) is 50.1 cm³/mol. The van der Waals surface area contributed by atoms with Crippen LogP contribution in [0.15, 0.2) is 16.6 Å². The molecule has 0 aromatic carbocycles. The summed E-state index contributed by atoms with van der Waals surface area (Å²) in [6, 6.07) is 0. The molecule has 0 spiro atoms. The van der Waals surface area contributed by atoms with Crippen molar-refractivity contribution in [3.05, 3.63) is 11.6 Å². The van der Waals surface area contributed by atoms with Gasteiger partial charge in [-0.25, -0.2) is 0 Å². The van der Waals surface area contributed by atoms with Crippen molar-refractivity contribution < 1.29 is 0 Å². The molecule has 1 nitrogen and oxygen atoms in total. The lowest BCUT2D eigenvalue weighted by Gasteiger charge is -2.09. The lowest BCUT2D eigenvalue weighted by Crippen LogP contribution is -1.96. The third-order valence-corrected chi connectivity index (χ3v) is 2.02. The van der Waals surface area contributed by atoms with E-state index in [1.807, 2.05) is 6.21 Å². The summed E-state index contributed by atoms with van der Waals surface area (Å²) in [7, 11) is 0. The minimum Gasteiger partial charge on any atom is -0.293 e. The minimum absolute atomic E-state index is 0.828. The highest BCUT2D eigenvalue weighted by molar-refractivity contribution is 5.73. The summed E-state index contributed by atoms with van der Waals surface area (Å²) in [5.41, 5.74) is 1.58. The van der Waals surface area contributed by atoms with Crippen LogP contribution in [0, 0.1) is 5.92 Å². The van der Waals surface area contributed by atoms with Crippen LogP contribution in [-0.4, -0.2) is 12.8 Å². The minimum atomic E-state index is 0.828. The lowest BCUT2D eigenvalue weighted by atomic mass is 10.00.